The molecule has 3 atom stereocenters. The molecule has 0 spiro atoms. The quantitative estimate of drug-likeness (QED) is 0.0871. The Morgan fingerprint density at radius 3 is 1.39 bits per heavy atom. The van der Waals surface area contributed by atoms with Crippen molar-refractivity contribution in [3.63, 3.8) is 0 Å². The summed E-state index contributed by atoms with van der Waals surface area (Å²) < 4.78 is 44.9. The molecular formula is C38H68O18Si. The molecule has 2 aliphatic rings. The van der Waals surface area contributed by atoms with Gasteiger partial charge in [-0.1, -0.05) is 20.8 Å². The maximum atomic E-state index is 11.3. The van der Waals surface area contributed by atoms with Crippen LogP contribution in [0.3, 0.4) is 0 Å². The molecule has 0 bridgehead atoms. The lowest BCUT2D eigenvalue weighted by molar-refractivity contribution is -0.167. The zero-order valence-electron chi connectivity index (χ0n) is 36.1. The molecule has 0 amide bonds. The van der Waals surface area contributed by atoms with Crippen molar-refractivity contribution in [2.24, 2.45) is 0 Å². The second-order valence-corrected chi connectivity index (χ2v) is 20.1. The Bertz CT molecular complexity index is 1260. The zero-order valence-corrected chi connectivity index (χ0v) is 37.1. The molecule has 2 aliphatic heterocycles. The number of aliphatic hydroxyl groups is 2. The number of methoxy groups -OCH3 is 4. The molecule has 57 heavy (non-hydrogen) atoms. The van der Waals surface area contributed by atoms with Crippen LogP contribution in [0.5, 0.6) is 0 Å². The highest BCUT2D eigenvalue weighted by molar-refractivity contribution is 6.74. The van der Waals surface area contributed by atoms with E-state index in [1.54, 1.807) is 13.8 Å². The maximum Gasteiger partial charge on any atom is 0.313 e. The standard InChI is InChI=1S/C13H26O4Si.C9H16O5.C9H14O5.C7H12O4/c1-10(14)8-11(9-12(15)16-5)17-18(6,7)13(2,3)4;2*1-9(13-3-4-14-9)6-7(10)5-8(11)12-2;1-5(8)3-6(9)4-7(10)11-2/h11H,8-9H2,1-7H3;7,10H,3-6H2,1-2H3;3-6H2,1-2H3;6,9H,3-4H2,1-2H3/t11-;7-;;6-/m10.1/s1. The number of carbonyl (C=O) groups excluding carboxylic acids is 7. The van der Waals surface area contributed by atoms with Crippen LogP contribution in [-0.2, 0) is 75.9 Å². The first-order valence-electron chi connectivity index (χ1n) is 18.5. The van der Waals surface area contributed by atoms with Gasteiger partial charge in [0.05, 0.1) is 98.9 Å². The number of hydrogen-bond donors (Lipinski definition) is 2. The van der Waals surface area contributed by atoms with Gasteiger partial charge in [0, 0.05) is 19.3 Å². The van der Waals surface area contributed by atoms with Gasteiger partial charge in [-0.25, -0.2) is 0 Å². The zero-order chi connectivity index (χ0) is 44.6. The SMILES string of the molecule is COC(=O)CC(=O)CC1(C)OCCO1.COC(=O)C[C@@H](CC(C)=O)O[Si](C)(C)C(C)(C)C.COC(=O)C[C@H](O)CC(C)=O.COC(=O)C[C@H](O)CC1(C)OCCO1. The normalized spacial score (nSPS) is 17.0. The van der Waals surface area contributed by atoms with E-state index < -0.39 is 50.0 Å². The Balaban J connectivity index is 0. The van der Waals surface area contributed by atoms with Crippen molar-refractivity contribution in [2.45, 2.75) is 148 Å². The van der Waals surface area contributed by atoms with E-state index in [1.165, 1.54) is 42.3 Å². The molecule has 19 heteroatoms. The van der Waals surface area contributed by atoms with Gasteiger partial charge >= 0.3 is 23.9 Å². The fourth-order valence-electron chi connectivity index (χ4n) is 4.78. The lowest BCUT2D eigenvalue weighted by Gasteiger charge is -2.39. The molecule has 0 aliphatic carbocycles. The van der Waals surface area contributed by atoms with Gasteiger partial charge in [0.1, 0.15) is 23.8 Å². The Hall–Kier alpha value is -3.17. The summed E-state index contributed by atoms with van der Waals surface area (Å²) in [6, 6.07) is 0. The molecule has 0 saturated carbocycles. The van der Waals surface area contributed by atoms with E-state index in [4.69, 9.17) is 28.5 Å². The van der Waals surface area contributed by atoms with E-state index in [0.29, 0.717) is 26.4 Å². The molecular weight excluding hydrogens is 772 g/mol. The van der Waals surface area contributed by atoms with Crippen molar-refractivity contribution < 1.29 is 86.1 Å². The van der Waals surface area contributed by atoms with Crippen molar-refractivity contribution >= 4 is 49.5 Å². The summed E-state index contributed by atoms with van der Waals surface area (Å²) in [4.78, 5) is 76.4. The van der Waals surface area contributed by atoms with Gasteiger partial charge in [0.25, 0.3) is 0 Å². The molecule has 2 fully saturated rings. The molecule has 2 rings (SSSR count). The summed E-state index contributed by atoms with van der Waals surface area (Å²) in [5.74, 6) is -3.75. The third-order valence-corrected chi connectivity index (χ3v) is 13.2. The molecule has 0 unspecified atom stereocenters. The van der Waals surface area contributed by atoms with Crippen LogP contribution in [0.25, 0.3) is 0 Å². The predicted molar refractivity (Wildman–Crippen MR) is 206 cm³/mol. The molecule has 0 aromatic heterocycles. The van der Waals surface area contributed by atoms with Crippen LogP contribution in [0.1, 0.15) is 99.8 Å². The van der Waals surface area contributed by atoms with Crippen LogP contribution in [0.4, 0.5) is 0 Å². The first-order valence-corrected chi connectivity index (χ1v) is 21.4. The molecule has 18 nitrogen and oxygen atoms in total. The van der Waals surface area contributed by atoms with Crippen LogP contribution in [0.2, 0.25) is 18.1 Å². The molecule has 2 heterocycles. The number of hydrogen-bond acceptors (Lipinski definition) is 18. The minimum Gasteiger partial charge on any atom is -0.469 e. The Morgan fingerprint density at radius 1 is 0.614 bits per heavy atom. The van der Waals surface area contributed by atoms with E-state index >= 15 is 0 Å². The van der Waals surface area contributed by atoms with Crippen molar-refractivity contribution in [1.29, 1.82) is 0 Å². The predicted octanol–water partition coefficient (Wildman–Crippen LogP) is 3.14. The molecule has 0 radical (unpaired) electrons. The summed E-state index contributed by atoms with van der Waals surface area (Å²) in [7, 11) is 3.15. The fraction of sp³-hybridized carbons (Fsp3) is 0.816. The van der Waals surface area contributed by atoms with Crippen molar-refractivity contribution in [3.05, 3.63) is 0 Å². The highest BCUT2D eigenvalue weighted by atomic mass is 28.4. The van der Waals surface area contributed by atoms with Gasteiger partial charge in [-0.05, 0) is 45.8 Å². The van der Waals surface area contributed by atoms with E-state index in [2.05, 4.69) is 52.8 Å². The Morgan fingerprint density at radius 2 is 1.00 bits per heavy atom. The largest absolute Gasteiger partial charge is 0.469 e. The molecule has 332 valence electrons. The number of aliphatic hydroxyl groups excluding tert-OH is 2. The van der Waals surface area contributed by atoms with Gasteiger partial charge in [-0.2, -0.15) is 0 Å². The summed E-state index contributed by atoms with van der Waals surface area (Å²) in [6.45, 7) is 18.9. The molecule has 0 aromatic rings. The molecule has 2 N–H and O–H groups in total. The number of ketones is 3. The third kappa shape index (κ3) is 27.2. The van der Waals surface area contributed by atoms with Crippen LogP contribution in [0.15, 0.2) is 0 Å². The van der Waals surface area contributed by atoms with Gasteiger partial charge in [-0.15, -0.1) is 0 Å². The lowest BCUT2D eigenvalue weighted by atomic mass is 10.1. The summed E-state index contributed by atoms with van der Waals surface area (Å²) in [6.07, 6.45) is -1.64. The van der Waals surface area contributed by atoms with Gasteiger partial charge in [0.15, 0.2) is 19.9 Å². The number of ether oxygens (including phenoxy) is 8. The first kappa shape index (κ1) is 55.9. The van der Waals surface area contributed by atoms with Gasteiger partial charge in [-0.3, -0.25) is 33.6 Å². The highest BCUT2D eigenvalue weighted by Crippen LogP contribution is 2.38. The number of Topliss-reactive ketones (excluding diaryl/α,β-unsaturated/α-hetero) is 3. The molecule has 0 aromatic carbocycles. The topological polar surface area (TPSA) is 243 Å². The second-order valence-electron chi connectivity index (χ2n) is 15.3. The van der Waals surface area contributed by atoms with Crippen molar-refractivity contribution in [1.82, 2.24) is 0 Å². The summed E-state index contributed by atoms with van der Waals surface area (Å²) in [5.41, 5.74) is 0. The van der Waals surface area contributed by atoms with Gasteiger partial charge in [0.2, 0.25) is 0 Å². The minimum absolute atomic E-state index is 0.00903. The number of rotatable bonds is 18. The minimum atomic E-state index is -1.97. The van der Waals surface area contributed by atoms with Crippen LogP contribution >= 0.6 is 0 Å². The smallest absolute Gasteiger partial charge is 0.313 e. The van der Waals surface area contributed by atoms with Gasteiger partial charge < -0.3 is 52.5 Å². The van der Waals surface area contributed by atoms with Crippen LogP contribution < -0.4 is 0 Å². The third-order valence-electron chi connectivity index (χ3n) is 8.68. The van der Waals surface area contributed by atoms with E-state index in [9.17, 15) is 38.7 Å². The highest BCUT2D eigenvalue weighted by Gasteiger charge is 2.40. The van der Waals surface area contributed by atoms with Crippen molar-refractivity contribution in [3.8, 4) is 0 Å². The van der Waals surface area contributed by atoms with E-state index in [0.717, 1.165) is 0 Å². The summed E-state index contributed by atoms with van der Waals surface area (Å²) >= 11 is 0. The van der Waals surface area contributed by atoms with E-state index in [-0.39, 0.29) is 85.8 Å². The Labute approximate surface area is 337 Å². The van der Waals surface area contributed by atoms with Crippen molar-refractivity contribution in [2.75, 3.05) is 54.9 Å². The fourth-order valence-corrected chi connectivity index (χ4v) is 6.14. The second kappa shape index (κ2) is 27.5. The van der Waals surface area contributed by atoms with Crippen LogP contribution in [0, 0.1) is 0 Å². The summed E-state index contributed by atoms with van der Waals surface area (Å²) in [5, 5.41) is 18.6. The lowest BCUT2D eigenvalue weighted by Crippen LogP contribution is -2.44. The Kier molecular flexibility index (Phi) is 27.0. The first-order chi connectivity index (χ1) is 26.2. The number of carbonyl (C=O) groups is 7. The molecule has 2 saturated heterocycles. The van der Waals surface area contributed by atoms with Crippen LogP contribution in [-0.4, -0.2) is 145 Å². The maximum absolute atomic E-state index is 11.3. The average molecular weight is 841 g/mol. The number of esters is 4. The average Bonchev–Trinajstić information content (AvgIpc) is 3.71. The van der Waals surface area contributed by atoms with E-state index in [1.807, 2.05) is 0 Å². The monoisotopic (exact) mass is 840 g/mol.